The molecule has 124 valence electrons. The van der Waals surface area contributed by atoms with Crippen LogP contribution in [0.4, 0.5) is 5.69 Å². The number of hydrogen-bond donors (Lipinski definition) is 3. The molecule has 0 atom stereocenters. The minimum atomic E-state index is -1.26. The van der Waals surface area contributed by atoms with Crippen LogP contribution in [0, 0.1) is 11.3 Å². The molecule has 1 heterocycles. The molecular formula is C17H10ClN3O4. The van der Waals surface area contributed by atoms with Gasteiger partial charge in [-0.2, -0.15) is 5.26 Å². The number of anilines is 1. The molecule has 2 aromatic carbocycles. The van der Waals surface area contributed by atoms with Crippen LogP contribution in [0.2, 0.25) is 5.02 Å². The number of phenols is 1. The van der Waals surface area contributed by atoms with E-state index in [1.165, 1.54) is 24.4 Å². The summed E-state index contributed by atoms with van der Waals surface area (Å²) in [6.45, 7) is 0. The lowest BCUT2D eigenvalue weighted by Gasteiger charge is -2.04. The monoisotopic (exact) mass is 355 g/mol. The lowest BCUT2D eigenvalue weighted by Crippen LogP contribution is -1.99. The summed E-state index contributed by atoms with van der Waals surface area (Å²) in [6.07, 6.45) is 1.34. The molecule has 8 heteroatoms. The van der Waals surface area contributed by atoms with Crippen molar-refractivity contribution < 1.29 is 19.4 Å². The molecule has 0 saturated heterocycles. The van der Waals surface area contributed by atoms with Crippen molar-refractivity contribution in [2.75, 3.05) is 5.32 Å². The molecule has 0 radical (unpaired) electrons. The Hall–Kier alpha value is -3.50. The van der Waals surface area contributed by atoms with Gasteiger partial charge in [0.25, 0.3) is 0 Å². The van der Waals surface area contributed by atoms with Crippen LogP contribution in [0.1, 0.15) is 16.2 Å². The van der Waals surface area contributed by atoms with Crippen LogP contribution < -0.4 is 5.32 Å². The number of nitrogens with zero attached hydrogens (tertiary/aromatic N) is 2. The third kappa shape index (κ3) is 3.39. The number of halogens is 1. The van der Waals surface area contributed by atoms with Gasteiger partial charge in [-0.1, -0.05) is 11.6 Å². The summed E-state index contributed by atoms with van der Waals surface area (Å²) in [7, 11) is 0. The molecule has 0 saturated carbocycles. The van der Waals surface area contributed by atoms with Crippen molar-refractivity contribution >= 4 is 39.9 Å². The Morgan fingerprint density at radius 1 is 1.32 bits per heavy atom. The normalized spacial score (nSPS) is 11.3. The van der Waals surface area contributed by atoms with Gasteiger partial charge in [0.05, 0.1) is 0 Å². The smallest absolute Gasteiger partial charge is 0.339 e. The minimum absolute atomic E-state index is 0.101. The van der Waals surface area contributed by atoms with Crippen LogP contribution in [0.3, 0.4) is 0 Å². The quantitative estimate of drug-likeness (QED) is 0.480. The molecule has 0 aliphatic heterocycles. The number of aromatic carboxylic acids is 1. The third-order valence-corrected chi connectivity index (χ3v) is 3.55. The van der Waals surface area contributed by atoms with Crippen LogP contribution in [0.5, 0.6) is 5.75 Å². The number of carboxylic acids is 1. The van der Waals surface area contributed by atoms with E-state index in [-0.39, 0.29) is 22.8 Å². The van der Waals surface area contributed by atoms with E-state index in [2.05, 4.69) is 10.3 Å². The van der Waals surface area contributed by atoms with E-state index < -0.39 is 5.97 Å². The average Bonchev–Trinajstić information content (AvgIpc) is 2.99. The van der Waals surface area contributed by atoms with Gasteiger partial charge in [-0.15, -0.1) is 0 Å². The van der Waals surface area contributed by atoms with Gasteiger partial charge >= 0.3 is 5.97 Å². The summed E-state index contributed by atoms with van der Waals surface area (Å²) in [6, 6.07) is 10.8. The largest absolute Gasteiger partial charge is 0.507 e. The van der Waals surface area contributed by atoms with E-state index in [0.717, 1.165) is 0 Å². The van der Waals surface area contributed by atoms with Crippen molar-refractivity contribution in [3.8, 4) is 11.8 Å². The summed E-state index contributed by atoms with van der Waals surface area (Å²) in [5, 5.41) is 31.1. The highest BCUT2D eigenvalue weighted by molar-refractivity contribution is 6.31. The number of aromatic nitrogens is 1. The molecule has 3 N–H and O–H groups in total. The fourth-order valence-corrected chi connectivity index (χ4v) is 2.28. The van der Waals surface area contributed by atoms with Crippen molar-refractivity contribution in [3.63, 3.8) is 0 Å². The number of rotatable bonds is 4. The molecule has 0 amide bonds. The van der Waals surface area contributed by atoms with Gasteiger partial charge in [-0.05, 0) is 36.4 Å². The molecule has 3 aromatic rings. The van der Waals surface area contributed by atoms with Gasteiger partial charge in [-0.3, -0.25) is 0 Å². The van der Waals surface area contributed by atoms with Gasteiger partial charge in [-0.25, -0.2) is 9.78 Å². The van der Waals surface area contributed by atoms with Crippen molar-refractivity contribution in [1.29, 1.82) is 5.26 Å². The zero-order chi connectivity index (χ0) is 18.0. The molecule has 1 aromatic heterocycles. The second-order valence-corrected chi connectivity index (χ2v) is 5.42. The molecule has 0 aliphatic carbocycles. The van der Waals surface area contributed by atoms with Crippen LogP contribution in [0.25, 0.3) is 16.7 Å². The van der Waals surface area contributed by atoms with Gasteiger partial charge in [0.15, 0.2) is 5.58 Å². The number of allylic oxidation sites excluding steroid dienone is 1. The predicted octanol–water partition coefficient (Wildman–Crippen LogP) is 3.86. The van der Waals surface area contributed by atoms with Crippen molar-refractivity contribution in [2.24, 2.45) is 0 Å². The number of oxazole rings is 1. The number of carboxylic acid groups (broad SMARTS) is 1. The lowest BCUT2D eigenvalue weighted by atomic mass is 10.2. The maximum Gasteiger partial charge on any atom is 0.339 e. The topological polar surface area (TPSA) is 119 Å². The van der Waals surface area contributed by atoms with E-state index in [0.29, 0.717) is 21.8 Å². The second kappa shape index (κ2) is 6.55. The standard InChI is InChI=1S/C17H10ClN3O4/c18-10-1-4-15-13(5-10)21-16(25-15)9(7-19)8-20-11-2-3-14(22)12(6-11)17(23)24/h1-6,8,20,22H,(H,23,24)/b9-8-. The van der Waals surface area contributed by atoms with Crippen LogP contribution >= 0.6 is 11.6 Å². The lowest BCUT2D eigenvalue weighted by molar-refractivity contribution is 0.0694. The van der Waals surface area contributed by atoms with Crippen molar-refractivity contribution in [2.45, 2.75) is 0 Å². The SMILES string of the molecule is N#C/C(=C/Nc1ccc(O)c(C(=O)O)c1)c1nc2cc(Cl)ccc2o1. The number of nitrogens with one attached hydrogen (secondary N) is 1. The van der Waals surface area contributed by atoms with E-state index >= 15 is 0 Å². The van der Waals surface area contributed by atoms with Gasteiger partial charge in [0, 0.05) is 16.9 Å². The Kier molecular flexibility index (Phi) is 4.29. The molecule has 0 fully saturated rings. The number of fused-ring (bicyclic) bond motifs is 1. The number of hydrogen-bond acceptors (Lipinski definition) is 6. The first-order chi connectivity index (χ1) is 12.0. The zero-order valence-corrected chi connectivity index (χ0v) is 13.3. The fraction of sp³-hybridized carbons (Fsp3) is 0. The Labute approximate surface area is 146 Å². The first-order valence-electron chi connectivity index (χ1n) is 6.97. The molecule has 25 heavy (non-hydrogen) atoms. The predicted molar refractivity (Wildman–Crippen MR) is 91.3 cm³/mol. The Morgan fingerprint density at radius 3 is 2.84 bits per heavy atom. The molecule has 0 aliphatic rings. The molecule has 3 rings (SSSR count). The van der Waals surface area contributed by atoms with Crippen LogP contribution in [0.15, 0.2) is 47.0 Å². The van der Waals surface area contributed by atoms with Crippen LogP contribution in [-0.2, 0) is 0 Å². The van der Waals surface area contributed by atoms with Gasteiger partial charge in [0.2, 0.25) is 5.89 Å². The minimum Gasteiger partial charge on any atom is -0.507 e. The molecular weight excluding hydrogens is 346 g/mol. The first kappa shape index (κ1) is 16.4. The van der Waals surface area contributed by atoms with Crippen LogP contribution in [-0.4, -0.2) is 21.2 Å². The van der Waals surface area contributed by atoms with E-state index in [1.54, 1.807) is 18.2 Å². The Morgan fingerprint density at radius 2 is 2.12 bits per heavy atom. The second-order valence-electron chi connectivity index (χ2n) is 4.98. The third-order valence-electron chi connectivity index (χ3n) is 3.31. The Bertz CT molecular complexity index is 1050. The highest BCUT2D eigenvalue weighted by atomic mass is 35.5. The maximum atomic E-state index is 11.0. The summed E-state index contributed by atoms with van der Waals surface area (Å²) in [5.41, 5.74) is 1.23. The molecule has 0 unspecified atom stereocenters. The number of benzene rings is 2. The van der Waals surface area contributed by atoms with E-state index in [1.807, 2.05) is 6.07 Å². The molecule has 0 spiro atoms. The summed E-state index contributed by atoms with van der Waals surface area (Å²) in [5.74, 6) is -1.51. The van der Waals surface area contributed by atoms with Crippen molar-refractivity contribution in [1.82, 2.24) is 4.98 Å². The summed E-state index contributed by atoms with van der Waals surface area (Å²) < 4.78 is 5.51. The van der Waals surface area contributed by atoms with Gasteiger partial charge < -0.3 is 19.9 Å². The van der Waals surface area contributed by atoms with Gasteiger partial charge in [0.1, 0.15) is 28.5 Å². The number of aromatic hydroxyl groups is 1. The molecule has 0 bridgehead atoms. The summed E-state index contributed by atoms with van der Waals surface area (Å²) in [4.78, 5) is 15.2. The first-order valence-corrected chi connectivity index (χ1v) is 7.35. The Balaban J connectivity index is 1.91. The highest BCUT2D eigenvalue weighted by Crippen LogP contribution is 2.25. The highest BCUT2D eigenvalue weighted by Gasteiger charge is 2.12. The number of nitriles is 1. The summed E-state index contributed by atoms with van der Waals surface area (Å²) >= 11 is 5.89. The van der Waals surface area contributed by atoms with E-state index in [4.69, 9.17) is 21.1 Å². The van der Waals surface area contributed by atoms with Crippen molar-refractivity contribution in [3.05, 3.63) is 59.1 Å². The fourth-order valence-electron chi connectivity index (χ4n) is 2.11. The maximum absolute atomic E-state index is 11.0. The average molecular weight is 356 g/mol. The molecule has 7 nitrogen and oxygen atoms in total. The zero-order valence-electron chi connectivity index (χ0n) is 12.5. The van der Waals surface area contributed by atoms with E-state index in [9.17, 15) is 15.2 Å². The number of carbonyl (C=O) groups is 1.